The van der Waals surface area contributed by atoms with Crippen LogP contribution in [0.3, 0.4) is 0 Å². The molecule has 0 atom stereocenters. The predicted octanol–water partition coefficient (Wildman–Crippen LogP) is 4.07. The standard InChI is InChI=1S/C16H17NOS/c1-11-5-3-4-6-13(11)10-19-14-7-8-15(12(2)18)16(17)9-14/h3-9H,10,17H2,1-2H3. The number of anilines is 1. The number of rotatable bonds is 4. The number of nitrogen functional groups attached to an aromatic ring is 1. The molecule has 0 heterocycles. The van der Waals surface area contributed by atoms with Crippen LogP contribution in [0, 0.1) is 6.92 Å². The fourth-order valence-electron chi connectivity index (χ4n) is 1.88. The molecule has 0 bridgehead atoms. The minimum Gasteiger partial charge on any atom is -0.398 e. The van der Waals surface area contributed by atoms with E-state index in [1.54, 1.807) is 17.8 Å². The predicted molar refractivity (Wildman–Crippen MR) is 81.6 cm³/mol. The third kappa shape index (κ3) is 3.38. The van der Waals surface area contributed by atoms with Crippen LogP contribution >= 0.6 is 11.8 Å². The zero-order valence-electron chi connectivity index (χ0n) is 11.1. The lowest BCUT2D eigenvalue weighted by molar-refractivity contribution is 0.101. The summed E-state index contributed by atoms with van der Waals surface area (Å²) in [5, 5.41) is 0. The molecular weight excluding hydrogens is 254 g/mol. The number of hydrogen-bond donors (Lipinski definition) is 1. The van der Waals surface area contributed by atoms with Crippen molar-refractivity contribution in [3.05, 3.63) is 59.2 Å². The largest absolute Gasteiger partial charge is 0.398 e. The van der Waals surface area contributed by atoms with Gasteiger partial charge in [0.25, 0.3) is 0 Å². The molecule has 0 amide bonds. The fourth-order valence-corrected chi connectivity index (χ4v) is 2.90. The number of hydrogen-bond acceptors (Lipinski definition) is 3. The van der Waals surface area contributed by atoms with E-state index in [2.05, 4.69) is 25.1 Å². The first-order chi connectivity index (χ1) is 9.08. The summed E-state index contributed by atoms with van der Waals surface area (Å²) < 4.78 is 0. The first kappa shape index (κ1) is 13.7. The third-order valence-electron chi connectivity index (χ3n) is 3.06. The summed E-state index contributed by atoms with van der Waals surface area (Å²) in [7, 11) is 0. The summed E-state index contributed by atoms with van der Waals surface area (Å²) in [6.07, 6.45) is 0. The molecule has 0 fully saturated rings. The van der Waals surface area contributed by atoms with Crippen molar-refractivity contribution < 1.29 is 4.79 Å². The second kappa shape index (κ2) is 5.93. The highest BCUT2D eigenvalue weighted by atomic mass is 32.2. The molecule has 0 unspecified atom stereocenters. The van der Waals surface area contributed by atoms with Crippen LogP contribution in [0.15, 0.2) is 47.4 Å². The van der Waals surface area contributed by atoms with E-state index < -0.39 is 0 Å². The van der Waals surface area contributed by atoms with E-state index in [0.717, 1.165) is 10.6 Å². The van der Waals surface area contributed by atoms with Gasteiger partial charge in [-0.25, -0.2) is 0 Å². The third-order valence-corrected chi connectivity index (χ3v) is 4.10. The Morgan fingerprint density at radius 1 is 1.21 bits per heavy atom. The first-order valence-electron chi connectivity index (χ1n) is 6.15. The van der Waals surface area contributed by atoms with Crippen molar-refractivity contribution in [1.29, 1.82) is 0 Å². The van der Waals surface area contributed by atoms with Gasteiger partial charge in [-0.2, -0.15) is 0 Å². The second-order valence-corrected chi connectivity index (χ2v) is 5.57. The average molecular weight is 271 g/mol. The Bertz CT molecular complexity index is 607. The summed E-state index contributed by atoms with van der Waals surface area (Å²) in [4.78, 5) is 12.4. The Morgan fingerprint density at radius 3 is 2.58 bits per heavy atom. The van der Waals surface area contributed by atoms with Crippen molar-refractivity contribution >= 4 is 23.2 Å². The molecule has 19 heavy (non-hydrogen) atoms. The van der Waals surface area contributed by atoms with Crippen LogP contribution in [0.25, 0.3) is 0 Å². The number of carbonyl (C=O) groups is 1. The maximum Gasteiger partial charge on any atom is 0.161 e. The molecule has 0 aromatic heterocycles. The van der Waals surface area contributed by atoms with Crippen LogP contribution in [0.5, 0.6) is 0 Å². The minimum absolute atomic E-state index is 0.00736. The molecule has 2 aromatic rings. The zero-order chi connectivity index (χ0) is 13.8. The van der Waals surface area contributed by atoms with Gasteiger partial charge >= 0.3 is 0 Å². The molecule has 0 aliphatic rings. The Morgan fingerprint density at radius 2 is 1.95 bits per heavy atom. The molecular formula is C16H17NOS. The molecule has 0 saturated carbocycles. The highest BCUT2D eigenvalue weighted by molar-refractivity contribution is 7.98. The molecule has 0 radical (unpaired) electrons. The molecule has 2 rings (SSSR count). The number of ketones is 1. The van der Waals surface area contributed by atoms with E-state index in [-0.39, 0.29) is 5.78 Å². The summed E-state index contributed by atoms with van der Waals surface area (Å²) in [6, 6.07) is 14.0. The van der Waals surface area contributed by atoms with Crippen LogP contribution in [-0.2, 0) is 5.75 Å². The van der Waals surface area contributed by atoms with Gasteiger partial charge in [-0.15, -0.1) is 11.8 Å². The van der Waals surface area contributed by atoms with Gasteiger partial charge in [0.15, 0.2) is 5.78 Å². The summed E-state index contributed by atoms with van der Waals surface area (Å²) in [5.41, 5.74) is 9.66. The lowest BCUT2D eigenvalue weighted by Crippen LogP contribution is -1.99. The van der Waals surface area contributed by atoms with E-state index in [0.29, 0.717) is 11.3 Å². The van der Waals surface area contributed by atoms with E-state index in [1.807, 2.05) is 18.2 Å². The van der Waals surface area contributed by atoms with E-state index in [1.165, 1.54) is 18.1 Å². The summed E-state index contributed by atoms with van der Waals surface area (Å²) >= 11 is 1.73. The maximum atomic E-state index is 11.3. The van der Waals surface area contributed by atoms with Crippen molar-refractivity contribution in [3.8, 4) is 0 Å². The van der Waals surface area contributed by atoms with E-state index in [9.17, 15) is 4.79 Å². The molecule has 0 saturated heterocycles. The van der Waals surface area contributed by atoms with Crippen molar-refractivity contribution in [1.82, 2.24) is 0 Å². The second-order valence-electron chi connectivity index (χ2n) is 4.52. The van der Waals surface area contributed by atoms with Crippen LogP contribution in [0.2, 0.25) is 0 Å². The number of carbonyl (C=O) groups excluding carboxylic acids is 1. The molecule has 0 aliphatic carbocycles. The maximum absolute atomic E-state index is 11.3. The van der Waals surface area contributed by atoms with Gasteiger partial charge in [-0.05, 0) is 43.2 Å². The summed E-state index contributed by atoms with van der Waals surface area (Å²) in [6.45, 7) is 3.65. The Balaban J connectivity index is 2.11. The number of benzene rings is 2. The SMILES string of the molecule is CC(=O)c1ccc(SCc2ccccc2C)cc1N. The van der Waals surface area contributed by atoms with Gasteiger partial charge in [-0.3, -0.25) is 4.79 Å². The minimum atomic E-state index is 0.00736. The van der Waals surface area contributed by atoms with Crippen molar-refractivity contribution in [2.24, 2.45) is 0 Å². The zero-order valence-corrected chi connectivity index (χ0v) is 12.0. The molecule has 2 N–H and O–H groups in total. The monoisotopic (exact) mass is 271 g/mol. The quantitative estimate of drug-likeness (QED) is 0.518. The van der Waals surface area contributed by atoms with E-state index >= 15 is 0 Å². The molecule has 2 nitrogen and oxygen atoms in total. The van der Waals surface area contributed by atoms with Gasteiger partial charge in [0, 0.05) is 21.9 Å². The molecule has 0 spiro atoms. The fraction of sp³-hybridized carbons (Fsp3) is 0.188. The number of nitrogens with two attached hydrogens (primary N) is 1. The Hall–Kier alpha value is -1.74. The van der Waals surface area contributed by atoms with Gasteiger partial charge < -0.3 is 5.73 Å². The first-order valence-corrected chi connectivity index (χ1v) is 7.14. The lowest BCUT2D eigenvalue weighted by Gasteiger charge is -2.07. The van der Waals surface area contributed by atoms with Crippen LogP contribution in [0.1, 0.15) is 28.4 Å². The van der Waals surface area contributed by atoms with Crippen LogP contribution in [0.4, 0.5) is 5.69 Å². The number of aryl methyl sites for hydroxylation is 1. The van der Waals surface area contributed by atoms with Gasteiger partial charge in [0.2, 0.25) is 0 Å². The average Bonchev–Trinajstić information content (AvgIpc) is 2.37. The van der Waals surface area contributed by atoms with Crippen LogP contribution in [-0.4, -0.2) is 5.78 Å². The van der Waals surface area contributed by atoms with Crippen molar-refractivity contribution in [2.75, 3.05) is 5.73 Å². The normalized spacial score (nSPS) is 10.4. The van der Waals surface area contributed by atoms with Gasteiger partial charge in [0.1, 0.15) is 0 Å². The highest BCUT2D eigenvalue weighted by Gasteiger charge is 2.06. The molecule has 98 valence electrons. The topological polar surface area (TPSA) is 43.1 Å². The van der Waals surface area contributed by atoms with Crippen molar-refractivity contribution in [3.63, 3.8) is 0 Å². The number of Topliss-reactive ketones (excluding diaryl/α,β-unsaturated/α-hetero) is 1. The molecule has 3 heteroatoms. The smallest absolute Gasteiger partial charge is 0.161 e. The molecule has 2 aromatic carbocycles. The van der Waals surface area contributed by atoms with Crippen molar-refractivity contribution in [2.45, 2.75) is 24.5 Å². The Labute approximate surface area is 118 Å². The van der Waals surface area contributed by atoms with Gasteiger partial charge in [-0.1, -0.05) is 24.3 Å². The van der Waals surface area contributed by atoms with E-state index in [4.69, 9.17) is 5.73 Å². The molecule has 0 aliphatic heterocycles. The van der Waals surface area contributed by atoms with Crippen LogP contribution < -0.4 is 5.73 Å². The summed E-state index contributed by atoms with van der Waals surface area (Å²) in [5.74, 6) is 0.916. The number of thioether (sulfide) groups is 1. The highest BCUT2D eigenvalue weighted by Crippen LogP contribution is 2.27. The lowest BCUT2D eigenvalue weighted by atomic mass is 10.1. The van der Waals surface area contributed by atoms with Gasteiger partial charge in [0.05, 0.1) is 0 Å². The Kier molecular flexibility index (Phi) is 4.27.